The Kier molecular flexibility index (Phi) is 4.95. The van der Waals surface area contributed by atoms with Crippen LogP contribution in [0.4, 0.5) is 5.69 Å². The number of methoxy groups -OCH3 is 1. The molecule has 1 amide bonds. The third kappa shape index (κ3) is 3.95. The van der Waals surface area contributed by atoms with E-state index in [9.17, 15) is 9.59 Å². The van der Waals surface area contributed by atoms with Gasteiger partial charge in [-0.05, 0) is 36.6 Å². The number of nitrogens with zero attached hydrogens (tertiary/aromatic N) is 1. The van der Waals surface area contributed by atoms with Crippen molar-refractivity contribution in [1.82, 2.24) is 4.98 Å². The van der Waals surface area contributed by atoms with Gasteiger partial charge in [0, 0.05) is 5.69 Å². The number of esters is 1. The molecule has 0 atom stereocenters. The summed E-state index contributed by atoms with van der Waals surface area (Å²) in [6.45, 7) is 1.78. The summed E-state index contributed by atoms with van der Waals surface area (Å²) < 4.78 is 10.3. The third-order valence-corrected chi connectivity index (χ3v) is 4.38. The average molecular weight is 356 g/mol. The Morgan fingerprint density at radius 3 is 2.84 bits per heavy atom. The molecule has 0 unspecified atom stereocenters. The lowest BCUT2D eigenvalue weighted by Crippen LogP contribution is -2.15. The number of benzene rings is 1. The van der Waals surface area contributed by atoms with Gasteiger partial charge in [-0.3, -0.25) is 4.79 Å². The fourth-order valence-electron chi connectivity index (χ4n) is 2.30. The summed E-state index contributed by atoms with van der Waals surface area (Å²) in [5.74, 6) is 0.435. The van der Waals surface area contributed by atoms with Crippen molar-refractivity contribution in [3.63, 3.8) is 0 Å². The van der Waals surface area contributed by atoms with E-state index in [1.54, 1.807) is 31.2 Å². The zero-order valence-corrected chi connectivity index (χ0v) is 14.6. The number of nitrogens with one attached hydrogen (secondary N) is 1. The maximum absolute atomic E-state index is 12.3. The molecular weight excluding hydrogens is 340 g/mol. The normalized spacial score (nSPS) is 10.5. The lowest BCUT2D eigenvalue weighted by atomic mass is 10.2. The summed E-state index contributed by atoms with van der Waals surface area (Å²) >= 11 is 1.53. The molecule has 0 aliphatic carbocycles. The number of amides is 1. The second-order valence-electron chi connectivity index (χ2n) is 5.30. The van der Waals surface area contributed by atoms with Crippen LogP contribution >= 0.6 is 11.3 Å². The highest BCUT2D eigenvalue weighted by Crippen LogP contribution is 2.26. The summed E-state index contributed by atoms with van der Waals surface area (Å²) in [4.78, 5) is 29.1. The average Bonchev–Trinajstić information content (AvgIpc) is 3.25. The molecule has 7 heteroatoms. The van der Waals surface area contributed by atoms with Gasteiger partial charge >= 0.3 is 5.97 Å². The minimum absolute atomic E-state index is 0.0865. The Bertz CT molecular complexity index is 900. The number of hydrogen-bond acceptors (Lipinski definition) is 6. The monoisotopic (exact) mass is 356 g/mol. The number of hydrogen-bond donors (Lipinski definition) is 1. The smallest absolute Gasteiger partial charge is 0.337 e. The van der Waals surface area contributed by atoms with E-state index in [0.29, 0.717) is 28.6 Å². The molecular formula is C18H16N2O4S. The predicted octanol–water partition coefficient (Wildman–Crippen LogP) is 3.68. The van der Waals surface area contributed by atoms with Crippen molar-refractivity contribution in [3.8, 4) is 10.8 Å². The van der Waals surface area contributed by atoms with Gasteiger partial charge < -0.3 is 14.5 Å². The molecule has 0 saturated carbocycles. The molecule has 25 heavy (non-hydrogen) atoms. The Morgan fingerprint density at radius 1 is 1.28 bits per heavy atom. The van der Waals surface area contributed by atoms with Crippen molar-refractivity contribution >= 4 is 28.9 Å². The number of rotatable bonds is 5. The molecule has 0 aliphatic rings. The van der Waals surface area contributed by atoms with Gasteiger partial charge in [-0.15, -0.1) is 11.3 Å². The summed E-state index contributed by atoms with van der Waals surface area (Å²) in [6, 6.07) is 10.4. The Morgan fingerprint density at radius 2 is 2.12 bits per heavy atom. The van der Waals surface area contributed by atoms with E-state index in [0.717, 1.165) is 4.88 Å². The highest BCUT2D eigenvalue weighted by Gasteiger charge is 2.16. The summed E-state index contributed by atoms with van der Waals surface area (Å²) in [5, 5.41) is 4.70. The van der Waals surface area contributed by atoms with E-state index in [-0.39, 0.29) is 12.3 Å². The standard InChI is InChI=1S/C18H16N2O4S/c1-11-14(20-17(24-11)15-7-4-8-25-15)10-16(21)19-13-6-3-5-12(9-13)18(22)23-2/h3-9H,10H2,1-2H3,(H,19,21). The number of aromatic nitrogens is 1. The van der Waals surface area contributed by atoms with Gasteiger partial charge in [-0.1, -0.05) is 12.1 Å². The van der Waals surface area contributed by atoms with Gasteiger partial charge in [-0.25, -0.2) is 9.78 Å². The maximum atomic E-state index is 12.3. The SMILES string of the molecule is COC(=O)c1cccc(NC(=O)Cc2nc(-c3cccs3)oc2C)c1. The van der Waals surface area contributed by atoms with Crippen molar-refractivity contribution in [3.05, 3.63) is 58.8 Å². The van der Waals surface area contributed by atoms with Crippen LogP contribution in [0.15, 0.2) is 46.2 Å². The lowest BCUT2D eigenvalue weighted by Gasteiger charge is -2.06. The first kappa shape index (κ1) is 16.9. The minimum Gasteiger partial charge on any atom is -0.465 e. The van der Waals surface area contributed by atoms with Crippen molar-refractivity contribution in [2.75, 3.05) is 12.4 Å². The van der Waals surface area contributed by atoms with E-state index in [1.807, 2.05) is 17.5 Å². The van der Waals surface area contributed by atoms with E-state index in [4.69, 9.17) is 4.42 Å². The van der Waals surface area contributed by atoms with Gasteiger partial charge in [0.25, 0.3) is 0 Å². The number of thiophene rings is 1. The highest BCUT2D eigenvalue weighted by molar-refractivity contribution is 7.13. The Hall–Kier alpha value is -2.93. The maximum Gasteiger partial charge on any atom is 0.337 e. The predicted molar refractivity (Wildman–Crippen MR) is 94.7 cm³/mol. The Labute approximate surface area is 148 Å². The second-order valence-corrected chi connectivity index (χ2v) is 6.24. The first-order valence-corrected chi connectivity index (χ1v) is 8.43. The summed E-state index contributed by atoms with van der Waals surface area (Å²) in [7, 11) is 1.31. The first-order valence-electron chi connectivity index (χ1n) is 7.55. The number of carbonyl (C=O) groups excluding carboxylic acids is 2. The molecule has 2 heterocycles. The molecule has 128 valence electrons. The fraction of sp³-hybridized carbons (Fsp3) is 0.167. The molecule has 0 saturated heterocycles. The van der Waals surface area contributed by atoms with Gasteiger partial charge in [0.2, 0.25) is 11.8 Å². The van der Waals surface area contributed by atoms with E-state index < -0.39 is 5.97 Å². The quantitative estimate of drug-likeness (QED) is 0.705. The molecule has 6 nitrogen and oxygen atoms in total. The van der Waals surface area contributed by atoms with Crippen LogP contribution < -0.4 is 5.32 Å². The number of anilines is 1. The van der Waals surface area contributed by atoms with Crippen LogP contribution in [0.1, 0.15) is 21.8 Å². The molecule has 3 aromatic rings. The lowest BCUT2D eigenvalue weighted by molar-refractivity contribution is -0.115. The molecule has 1 aromatic carbocycles. The van der Waals surface area contributed by atoms with E-state index in [2.05, 4.69) is 15.0 Å². The van der Waals surface area contributed by atoms with Gasteiger partial charge in [0.05, 0.1) is 29.7 Å². The summed E-state index contributed by atoms with van der Waals surface area (Å²) in [5.41, 5.74) is 1.48. The zero-order valence-electron chi connectivity index (χ0n) is 13.7. The van der Waals surface area contributed by atoms with E-state index >= 15 is 0 Å². The number of aryl methyl sites for hydroxylation is 1. The van der Waals surface area contributed by atoms with Crippen molar-refractivity contribution < 1.29 is 18.7 Å². The van der Waals surface area contributed by atoms with Crippen LogP contribution in [0.3, 0.4) is 0 Å². The van der Waals surface area contributed by atoms with Crippen molar-refractivity contribution in [2.45, 2.75) is 13.3 Å². The van der Waals surface area contributed by atoms with Gasteiger partial charge in [-0.2, -0.15) is 0 Å². The zero-order chi connectivity index (χ0) is 17.8. The molecule has 0 bridgehead atoms. The first-order chi connectivity index (χ1) is 12.1. The van der Waals surface area contributed by atoms with Crippen LogP contribution in [-0.4, -0.2) is 24.0 Å². The molecule has 0 aliphatic heterocycles. The van der Waals surface area contributed by atoms with Crippen molar-refractivity contribution in [2.24, 2.45) is 0 Å². The number of ether oxygens (including phenoxy) is 1. The minimum atomic E-state index is -0.455. The van der Waals surface area contributed by atoms with Gasteiger partial charge in [0.15, 0.2) is 0 Å². The van der Waals surface area contributed by atoms with Crippen LogP contribution in [-0.2, 0) is 16.0 Å². The molecule has 0 fully saturated rings. The van der Waals surface area contributed by atoms with Crippen molar-refractivity contribution in [1.29, 1.82) is 0 Å². The second kappa shape index (κ2) is 7.31. The molecule has 1 N–H and O–H groups in total. The number of carbonyl (C=O) groups is 2. The Balaban J connectivity index is 1.70. The third-order valence-electron chi connectivity index (χ3n) is 3.52. The number of oxazole rings is 1. The highest BCUT2D eigenvalue weighted by atomic mass is 32.1. The molecule has 0 radical (unpaired) electrons. The molecule has 3 rings (SSSR count). The fourth-order valence-corrected chi connectivity index (χ4v) is 2.95. The van der Waals surface area contributed by atoms with Crippen LogP contribution in [0.2, 0.25) is 0 Å². The van der Waals surface area contributed by atoms with Gasteiger partial charge in [0.1, 0.15) is 5.76 Å². The topological polar surface area (TPSA) is 81.4 Å². The van der Waals surface area contributed by atoms with Crippen LogP contribution in [0.25, 0.3) is 10.8 Å². The summed E-state index contributed by atoms with van der Waals surface area (Å²) in [6.07, 6.45) is 0.0865. The molecule has 0 spiro atoms. The van der Waals surface area contributed by atoms with E-state index in [1.165, 1.54) is 18.4 Å². The van der Waals surface area contributed by atoms with Crippen LogP contribution in [0.5, 0.6) is 0 Å². The molecule has 2 aromatic heterocycles. The largest absolute Gasteiger partial charge is 0.465 e. The van der Waals surface area contributed by atoms with Crippen LogP contribution in [0, 0.1) is 6.92 Å².